The number of halogens is 3. The van der Waals surface area contributed by atoms with Gasteiger partial charge >= 0.3 is 12.3 Å². The molecule has 1 aromatic heterocycles. The van der Waals surface area contributed by atoms with Crippen molar-refractivity contribution < 1.29 is 27.8 Å². The van der Waals surface area contributed by atoms with E-state index < -0.39 is 35.9 Å². The van der Waals surface area contributed by atoms with E-state index in [9.17, 15) is 18.0 Å². The maximum absolute atomic E-state index is 12.1. The van der Waals surface area contributed by atoms with Gasteiger partial charge in [0, 0.05) is 6.07 Å². The maximum atomic E-state index is 12.1. The molecule has 0 aliphatic heterocycles. The number of anilines is 1. The van der Waals surface area contributed by atoms with E-state index in [0.717, 1.165) is 0 Å². The minimum absolute atomic E-state index is 0.360. The number of aliphatic carboxylic acids is 1. The molecule has 9 heteroatoms. The van der Waals surface area contributed by atoms with Crippen molar-refractivity contribution in [1.82, 2.24) is 4.98 Å². The van der Waals surface area contributed by atoms with Crippen molar-refractivity contribution in [2.45, 2.75) is 12.8 Å². The van der Waals surface area contributed by atoms with Crippen molar-refractivity contribution in [2.24, 2.45) is 0 Å². The first kappa shape index (κ1) is 13.6. The Morgan fingerprint density at radius 1 is 1.61 bits per heavy atom. The summed E-state index contributed by atoms with van der Waals surface area (Å²) >= 11 is 0. The second kappa shape index (κ2) is 4.79. The number of alkyl halides is 3. The van der Waals surface area contributed by atoms with Gasteiger partial charge in [0.25, 0.3) is 0 Å². The highest BCUT2D eigenvalue weighted by atomic mass is 19.4. The van der Waals surface area contributed by atoms with Crippen LogP contribution in [0.4, 0.5) is 18.9 Å². The number of nitrogen functional groups attached to an aromatic ring is 1. The number of rotatable bonds is 3. The van der Waals surface area contributed by atoms with Gasteiger partial charge in [0.2, 0.25) is 0 Å². The molecule has 0 aromatic carbocycles. The monoisotopic (exact) mass is 261 g/mol. The Balaban J connectivity index is 3.25. The Morgan fingerprint density at radius 3 is 2.67 bits per heavy atom. The summed E-state index contributed by atoms with van der Waals surface area (Å²) in [7, 11) is 0. The summed E-state index contributed by atoms with van der Waals surface area (Å²) < 4.78 is 39.7. The maximum Gasteiger partial charge on any atom is 0.573 e. The largest absolute Gasteiger partial charge is 0.573 e. The number of hydrogen-bond donors (Lipinski definition) is 2. The lowest BCUT2D eigenvalue weighted by atomic mass is 10.2. The van der Waals surface area contributed by atoms with Crippen LogP contribution in [0.25, 0.3) is 0 Å². The summed E-state index contributed by atoms with van der Waals surface area (Å²) in [6.45, 7) is 0. The summed E-state index contributed by atoms with van der Waals surface area (Å²) in [5.74, 6) is -2.19. The van der Waals surface area contributed by atoms with E-state index in [4.69, 9.17) is 16.1 Å². The van der Waals surface area contributed by atoms with Gasteiger partial charge in [-0.05, 0) is 0 Å². The molecule has 0 bridgehead atoms. The zero-order valence-electron chi connectivity index (χ0n) is 8.65. The normalized spacial score (nSPS) is 10.8. The molecule has 0 atom stereocenters. The highest BCUT2D eigenvalue weighted by Crippen LogP contribution is 2.30. The number of pyridine rings is 1. The van der Waals surface area contributed by atoms with E-state index >= 15 is 0 Å². The first-order chi connectivity index (χ1) is 8.23. The standard InChI is InChI=1S/C9H6F3N3O3/c10-9(11,12)18-6-1-4(3-13)15-5(8(6)14)2-7(16)17/h1H,2,14H2,(H,16,17). The van der Waals surface area contributed by atoms with Gasteiger partial charge in [-0.1, -0.05) is 0 Å². The molecule has 0 fully saturated rings. The second-order valence-electron chi connectivity index (χ2n) is 3.10. The van der Waals surface area contributed by atoms with Crippen molar-refractivity contribution in [3.8, 4) is 11.8 Å². The van der Waals surface area contributed by atoms with Gasteiger partial charge in [0.15, 0.2) is 5.75 Å². The highest BCUT2D eigenvalue weighted by Gasteiger charge is 2.33. The van der Waals surface area contributed by atoms with E-state index in [1.807, 2.05) is 0 Å². The summed E-state index contributed by atoms with van der Waals surface area (Å²) in [4.78, 5) is 14.0. The molecule has 0 amide bonds. The van der Waals surface area contributed by atoms with Gasteiger partial charge in [-0.2, -0.15) is 5.26 Å². The van der Waals surface area contributed by atoms with E-state index in [1.165, 1.54) is 6.07 Å². The molecule has 0 aliphatic carbocycles. The van der Waals surface area contributed by atoms with E-state index in [-0.39, 0.29) is 5.69 Å². The van der Waals surface area contributed by atoms with Crippen LogP contribution in [0.3, 0.4) is 0 Å². The summed E-state index contributed by atoms with van der Waals surface area (Å²) in [5.41, 5.74) is 3.96. The number of carboxylic acid groups (broad SMARTS) is 1. The molecule has 0 saturated carbocycles. The van der Waals surface area contributed by atoms with Gasteiger partial charge in [0.05, 0.1) is 17.8 Å². The topological polar surface area (TPSA) is 109 Å². The molecule has 0 saturated heterocycles. The smallest absolute Gasteiger partial charge is 0.481 e. The SMILES string of the molecule is N#Cc1cc(OC(F)(F)F)c(N)c(CC(=O)O)n1. The first-order valence-corrected chi connectivity index (χ1v) is 4.40. The van der Waals surface area contributed by atoms with Crippen molar-refractivity contribution in [2.75, 3.05) is 5.73 Å². The van der Waals surface area contributed by atoms with E-state index in [2.05, 4.69) is 9.72 Å². The second-order valence-corrected chi connectivity index (χ2v) is 3.10. The van der Waals surface area contributed by atoms with Crippen LogP contribution in [0.15, 0.2) is 6.07 Å². The van der Waals surface area contributed by atoms with Crippen LogP contribution >= 0.6 is 0 Å². The molecule has 6 nitrogen and oxygen atoms in total. The fraction of sp³-hybridized carbons (Fsp3) is 0.222. The van der Waals surface area contributed by atoms with Crippen LogP contribution in [0.5, 0.6) is 5.75 Å². The molecule has 0 radical (unpaired) electrons. The molecule has 96 valence electrons. The number of nitrogens with zero attached hydrogens (tertiary/aromatic N) is 2. The molecule has 18 heavy (non-hydrogen) atoms. The quantitative estimate of drug-likeness (QED) is 0.841. The minimum atomic E-state index is -5.00. The van der Waals surface area contributed by atoms with Gasteiger partial charge in [-0.15, -0.1) is 13.2 Å². The molecule has 3 N–H and O–H groups in total. The third kappa shape index (κ3) is 3.51. The van der Waals surface area contributed by atoms with Crippen LogP contribution in [0.2, 0.25) is 0 Å². The lowest BCUT2D eigenvalue weighted by Crippen LogP contribution is -2.19. The molecular formula is C9H6F3N3O3. The van der Waals surface area contributed by atoms with Gasteiger partial charge in [0.1, 0.15) is 11.8 Å². The van der Waals surface area contributed by atoms with Gasteiger partial charge in [-0.25, -0.2) is 4.98 Å². The minimum Gasteiger partial charge on any atom is -0.481 e. The van der Waals surface area contributed by atoms with Crippen LogP contribution in [-0.4, -0.2) is 22.4 Å². The van der Waals surface area contributed by atoms with E-state index in [0.29, 0.717) is 6.07 Å². The van der Waals surface area contributed by atoms with Gasteiger partial charge in [-0.3, -0.25) is 4.79 Å². The number of ether oxygens (including phenoxy) is 1. The zero-order valence-corrected chi connectivity index (χ0v) is 8.65. The fourth-order valence-electron chi connectivity index (χ4n) is 1.13. The lowest BCUT2D eigenvalue weighted by Gasteiger charge is -2.13. The first-order valence-electron chi connectivity index (χ1n) is 4.40. The molecule has 0 spiro atoms. The number of hydrogen-bond acceptors (Lipinski definition) is 5. The third-order valence-electron chi connectivity index (χ3n) is 1.76. The summed E-state index contributed by atoms with van der Waals surface area (Å²) in [5, 5.41) is 17.1. The lowest BCUT2D eigenvalue weighted by molar-refractivity contribution is -0.274. The van der Waals surface area contributed by atoms with Crippen LogP contribution < -0.4 is 10.5 Å². The molecule has 1 aromatic rings. The summed E-state index contributed by atoms with van der Waals surface area (Å²) in [6, 6.07) is 2.18. The highest BCUT2D eigenvalue weighted by molar-refractivity contribution is 5.73. The Labute approximate surface area is 98.4 Å². The van der Waals surface area contributed by atoms with Crippen molar-refractivity contribution in [3.05, 3.63) is 17.5 Å². The van der Waals surface area contributed by atoms with Crippen molar-refractivity contribution in [3.63, 3.8) is 0 Å². The number of nitrogens with two attached hydrogens (primary N) is 1. The number of aromatic nitrogens is 1. The molecule has 1 heterocycles. The van der Waals surface area contributed by atoms with Crippen LogP contribution in [-0.2, 0) is 11.2 Å². The fourth-order valence-corrected chi connectivity index (χ4v) is 1.13. The third-order valence-corrected chi connectivity index (χ3v) is 1.76. The summed E-state index contributed by atoms with van der Waals surface area (Å²) in [6.07, 6.45) is -5.71. The Morgan fingerprint density at radius 2 is 2.22 bits per heavy atom. The predicted molar refractivity (Wildman–Crippen MR) is 51.4 cm³/mol. The number of carboxylic acids is 1. The molecule has 0 aliphatic rings. The predicted octanol–water partition coefficient (Wildman–Crippen LogP) is 1.06. The Hall–Kier alpha value is -2.50. The number of nitriles is 1. The van der Waals surface area contributed by atoms with Crippen LogP contribution in [0, 0.1) is 11.3 Å². The Bertz CT molecular complexity index is 522. The van der Waals surface area contributed by atoms with E-state index in [1.54, 1.807) is 0 Å². The number of carbonyl (C=O) groups is 1. The van der Waals surface area contributed by atoms with Gasteiger partial charge < -0.3 is 15.6 Å². The molecular weight excluding hydrogens is 255 g/mol. The molecule has 0 unspecified atom stereocenters. The Kier molecular flexibility index (Phi) is 3.61. The molecule has 1 rings (SSSR count). The van der Waals surface area contributed by atoms with Crippen LogP contribution in [0.1, 0.15) is 11.4 Å². The van der Waals surface area contributed by atoms with Crippen molar-refractivity contribution >= 4 is 11.7 Å². The average Bonchev–Trinajstić information content (AvgIpc) is 2.21. The average molecular weight is 261 g/mol. The van der Waals surface area contributed by atoms with Crippen molar-refractivity contribution in [1.29, 1.82) is 5.26 Å². The zero-order chi connectivity index (χ0) is 13.9.